The molecule has 0 saturated heterocycles. The summed E-state index contributed by atoms with van der Waals surface area (Å²) in [6.45, 7) is 3.83. The predicted octanol–water partition coefficient (Wildman–Crippen LogP) is 6.41. The van der Waals surface area contributed by atoms with Gasteiger partial charge in [-0.1, -0.05) is 13.0 Å². The summed E-state index contributed by atoms with van der Waals surface area (Å²) >= 11 is 0. The molecule has 0 N–H and O–H groups in total. The molecular formula is C20H19F6O3P. The van der Waals surface area contributed by atoms with Crippen LogP contribution in [0.1, 0.15) is 41.8 Å². The SMILES string of the molecule is CCCOP(C(=O)c1c(C(F)(F)F)cccc1C(F)(F)F)c1ccc(OCC)cc1. The van der Waals surface area contributed by atoms with E-state index in [0.717, 1.165) is 0 Å². The predicted molar refractivity (Wildman–Crippen MR) is 101 cm³/mol. The van der Waals surface area contributed by atoms with Crippen LogP contribution in [0.15, 0.2) is 42.5 Å². The zero-order valence-corrected chi connectivity index (χ0v) is 17.0. The third-order valence-electron chi connectivity index (χ3n) is 3.88. The number of halogens is 6. The molecule has 0 bridgehead atoms. The van der Waals surface area contributed by atoms with E-state index in [1.807, 2.05) is 0 Å². The number of carbonyl (C=O) groups excluding carboxylic acids is 1. The van der Waals surface area contributed by atoms with E-state index in [1.54, 1.807) is 13.8 Å². The average Bonchev–Trinajstić information content (AvgIpc) is 2.67. The van der Waals surface area contributed by atoms with Crippen LogP contribution in [0.25, 0.3) is 0 Å². The van der Waals surface area contributed by atoms with Crippen molar-refractivity contribution in [3.05, 3.63) is 59.2 Å². The maximum absolute atomic E-state index is 13.5. The Labute approximate surface area is 170 Å². The van der Waals surface area contributed by atoms with E-state index in [9.17, 15) is 31.1 Å². The molecule has 2 aromatic rings. The fourth-order valence-corrected chi connectivity index (χ4v) is 4.36. The van der Waals surface area contributed by atoms with E-state index in [1.165, 1.54) is 24.3 Å². The van der Waals surface area contributed by atoms with Gasteiger partial charge in [-0.2, -0.15) is 26.3 Å². The summed E-state index contributed by atoms with van der Waals surface area (Å²) in [7, 11) is -2.44. The molecule has 0 aliphatic heterocycles. The smallest absolute Gasteiger partial charge is 0.417 e. The summed E-state index contributed by atoms with van der Waals surface area (Å²) in [5.74, 6) is 0.450. The van der Waals surface area contributed by atoms with Crippen molar-refractivity contribution < 1.29 is 40.4 Å². The van der Waals surface area contributed by atoms with Crippen molar-refractivity contribution in [3.63, 3.8) is 0 Å². The van der Waals surface area contributed by atoms with Gasteiger partial charge in [0.1, 0.15) is 13.9 Å². The van der Waals surface area contributed by atoms with Gasteiger partial charge in [0.15, 0.2) is 0 Å². The lowest BCUT2D eigenvalue weighted by Gasteiger charge is -2.22. The van der Waals surface area contributed by atoms with Gasteiger partial charge in [0.2, 0.25) is 5.52 Å². The molecule has 0 aromatic heterocycles. The van der Waals surface area contributed by atoms with Crippen molar-refractivity contribution in [1.82, 2.24) is 0 Å². The van der Waals surface area contributed by atoms with Gasteiger partial charge in [-0.3, -0.25) is 4.79 Å². The first-order chi connectivity index (χ1) is 14.0. The second kappa shape index (κ2) is 9.79. The number of hydrogen-bond donors (Lipinski definition) is 0. The van der Waals surface area contributed by atoms with Crippen LogP contribution in [-0.4, -0.2) is 18.7 Å². The quantitative estimate of drug-likeness (QED) is 0.343. The third-order valence-corrected chi connectivity index (χ3v) is 5.68. The molecule has 1 unspecified atom stereocenters. The van der Waals surface area contributed by atoms with Crippen LogP contribution in [0.5, 0.6) is 5.75 Å². The number of benzene rings is 2. The molecule has 0 aliphatic carbocycles. The van der Waals surface area contributed by atoms with Crippen LogP contribution in [0.2, 0.25) is 0 Å². The molecule has 2 aromatic carbocycles. The highest BCUT2D eigenvalue weighted by Gasteiger charge is 2.44. The molecule has 0 heterocycles. The van der Waals surface area contributed by atoms with Crippen LogP contribution < -0.4 is 10.0 Å². The van der Waals surface area contributed by atoms with Gasteiger partial charge in [0, 0.05) is 10.9 Å². The molecule has 30 heavy (non-hydrogen) atoms. The normalized spacial score (nSPS) is 13.2. The first kappa shape index (κ1) is 24.2. The van der Waals surface area contributed by atoms with Gasteiger partial charge in [0.05, 0.1) is 24.3 Å². The second-order valence-electron chi connectivity index (χ2n) is 6.08. The Balaban J connectivity index is 2.62. The fraction of sp³-hybridized carbons (Fsp3) is 0.350. The van der Waals surface area contributed by atoms with Crippen molar-refractivity contribution >= 4 is 19.0 Å². The lowest BCUT2D eigenvalue weighted by atomic mass is 10.0. The molecule has 0 spiro atoms. The minimum absolute atomic E-state index is 0.000190. The first-order valence-corrected chi connectivity index (χ1v) is 10.2. The number of carbonyl (C=O) groups is 1. The van der Waals surface area contributed by atoms with Gasteiger partial charge in [-0.15, -0.1) is 0 Å². The molecule has 0 amide bonds. The number of ether oxygens (including phenoxy) is 1. The summed E-state index contributed by atoms with van der Waals surface area (Å²) in [4.78, 5) is 13.1. The van der Waals surface area contributed by atoms with Gasteiger partial charge >= 0.3 is 12.4 Å². The third kappa shape index (κ3) is 5.73. The van der Waals surface area contributed by atoms with E-state index >= 15 is 0 Å². The minimum atomic E-state index is -5.14. The Morgan fingerprint density at radius 3 is 1.87 bits per heavy atom. The summed E-state index contributed by atoms with van der Waals surface area (Å²) in [5.41, 5.74) is -6.04. The Morgan fingerprint density at radius 1 is 0.900 bits per heavy atom. The lowest BCUT2D eigenvalue weighted by Crippen LogP contribution is -2.22. The van der Waals surface area contributed by atoms with Crippen molar-refractivity contribution in [2.45, 2.75) is 32.6 Å². The van der Waals surface area contributed by atoms with Crippen LogP contribution in [0.4, 0.5) is 26.3 Å². The summed E-state index contributed by atoms with van der Waals surface area (Å²) in [6, 6.07) is 7.35. The lowest BCUT2D eigenvalue weighted by molar-refractivity contribution is -0.143. The molecule has 164 valence electrons. The van der Waals surface area contributed by atoms with Crippen LogP contribution >= 0.6 is 8.15 Å². The molecule has 0 radical (unpaired) electrons. The molecule has 10 heteroatoms. The van der Waals surface area contributed by atoms with Gasteiger partial charge < -0.3 is 9.26 Å². The molecule has 0 saturated carbocycles. The highest BCUT2D eigenvalue weighted by molar-refractivity contribution is 7.78. The fourth-order valence-electron chi connectivity index (χ4n) is 2.63. The van der Waals surface area contributed by atoms with Crippen LogP contribution in [0.3, 0.4) is 0 Å². The Kier molecular flexibility index (Phi) is 7.88. The molecular weight excluding hydrogens is 433 g/mol. The topological polar surface area (TPSA) is 35.5 Å². The maximum atomic E-state index is 13.5. The number of alkyl halides is 6. The number of rotatable bonds is 8. The van der Waals surface area contributed by atoms with Crippen molar-refractivity contribution in [2.75, 3.05) is 13.2 Å². The van der Waals surface area contributed by atoms with Crippen molar-refractivity contribution in [3.8, 4) is 5.75 Å². The van der Waals surface area contributed by atoms with E-state index in [2.05, 4.69) is 0 Å². The maximum Gasteiger partial charge on any atom is 0.417 e. The van der Waals surface area contributed by atoms with Gasteiger partial charge in [-0.05, 0) is 49.7 Å². The standard InChI is InChI=1S/C20H19F6O3P/c1-3-12-29-30(14-10-8-13(9-11-14)28-4-2)18(27)17-15(19(21,22)23)6-5-7-16(17)20(24,25)26/h5-11H,3-4,12H2,1-2H3. The zero-order chi connectivity index (χ0) is 22.5. The van der Waals surface area contributed by atoms with Crippen molar-refractivity contribution in [2.24, 2.45) is 0 Å². The molecule has 3 nitrogen and oxygen atoms in total. The van der Waals surface area contributed by atoms with Gasteiger partial charge in [0.25, 0.3) is 0 Å². The van der Waals surface area contributed by atoms with E-state index in [0.29, 0.717) is 37.0 Å². The molecule has 2 rings (SSSR count). The van der Waals surface area contributed by atoms with Crippen LogP contribution in [-0.2, 0) is 16.9 Å². The highest BCUT2D eigenvalue weighted by Crippen LogP contribution is 2.47. The largest absolute Gasteiger partial charge is 0.494 e. The van der Waals surface area contributed by atoms with E-state index < -0.39 is 42.7 Å². The van der Waals surface area contributed by atoms with Crippen molar-refractivity contribution in [1.29, 1.82) is 0 Å². The summed E-state index contributed by atoms with van der Waals surface area (Å²) in [6.07, 6.45) is -9.86. The zero-order valence-electron chi connectivity index (χ0n) is 16.1. The van der Waals surface area contributed by atoms with Gasteiger partial charge in [-0.25, -0.2) is 0 Å². The van der Waals surface area contributed by atoms with Crippen LogP contribution in [0, 0.1) is 0 Å². The number of hydrogen-bond acceptors (Lipinski definition) is 3. The highest BCUT2D eigenvalue weighted by atomic mass is 31.1. The second-order valence-corrected chi connectivity index (χ2v) is 7.85. The molecule has 0 fully saturated rings. The monoisotopic (exact) mass is 452 g/mol. The minimum Gasteiger partial charge on any atom is -0.494 e. The summed E-state index contributed by atoms with van der Waals surface area (Å²) < 4.78 is 91.5. The van der Waals surface area contributed by atoms with E-state index in [4.69, 9.17) is 9.26 Å². The Bertz CT molecular complexity index is 830. The molecule has 0 aliphatic rings. The Morgan fingerprint density at radius 2 is 1.43 bits per heavy atom. The summed E-state index contributed by atoms with van der Waals surface area (Å²) in [5, 5.41) is 0.192. The first-order valence-electron chi connectivity index (χ1n) is 8.98. The average molecular weight is 452 g/mol. The van der Waals surface area contributed by atoms with E-state index in [-0.39, 0.29) is 11.9 Å². The molecule has 1 atom stereocenters. The Hall–Kier alpha value is -2.12.